The number of hydrogen-bond acceptors (Lipinski definition) is 4. The van der Waals surface area contributed by atoms with Crippen molar-refractivity contribution in [3.63, 3.8) is 0 Å². The number of nitrogens with one attached hydrogen (secondary N) is 1. The molecule has 0 aromatic rings. The molecule has 0 aromatic heterocycles. The van der Waals surface area contributed by atoms with Crippen LogP contribution in [-0.2, 0) is 13.9 Å². The Morgan fingerprint density at radius 3 is 2.44 bits per heavy atom. The number of ether oxygens (including phenoxy) is 2. The summed E-state index contributed by atoms with van der Waals surface area (Å²) in [5.41, 5.74) is 0. The van der Waals surface area contributed by atoms with E-state index in [4.69, 9.17) is 13.9 Å². The normalized spacial score (nSPS) is 12.0. The van der Waals surface area contributed by atoms with E-state index < -0.39 is 0 Å². The number of unbranched alkanes of at least 4 members (excludes halogenated alkanes) is 1. The average Bonchev–Trinajstić information content (AvgIpc) is 2.32. The van der Waals surface area contributed by atoms with Gasteiger partial charge < -0.3 is 19.2 Å². The summed E-state index contributed by atoms with van der Waals surface area (Å²) in [5, 5.41) is 3.43. The van der Waals surface area contributed by atoms with Crippen molar-refractivity contribution in [2.45, 2.75) is 38.5 Å². The molecule has 0 saturated heterocycles. The summed E-state index contributed by atoms with van der Waals surface area (Å²) in [5.74, 6) is 0. The van der Waals surface area contributed by atoms with Crippen LogP contribution in [0.15, 0.2) is 0 Å². The number of rotatable bonds is 12. The van der Waals surface area contributed by atoms with Crippen LogP contribution in [0.1, 0.15) is 26.2 Å². The van der Waals surface area contributed by atoms with Gasteiger partial charge in [0.15, 0.2) is 16.1 Å². The van der Waals surface area contributed by atoms with Gasteiger partial charge in [-0.3, -0.25) is 0 Å². The second-order valence-corrected chi connectivity index (χ2v) is 5.31. The fourth-order valence-corrected chi connectivity index (χ4v) is 2.31. The third kappa shape index (κ3) is 10.6. The first-order valence-corrected chi connectivity index (χ1v) is 7.77. The maximum absolute atomic E-state index is 5.57. The van der Waals surface area contributed by atoms with Crippen LogP contribution >= 0.6 is 0 Å². The van der Waals surface area contributed by atoms with Gasteiger partial charge in [-0.05, 0) is 32.0 Å². The predicted molar refractivity (Wildman–Crippen MR) is 69.5 cm³/mol. The Bertz CT molecular complexity index is 134. The van der Waals surface area contributed by atoms with Crippen molar-refractivity contribution in [2.24, 2.45) is 0 Å². The molecule has 0 atom stereocenters. The molecule has 0 aliphatic rings. The molecule has 5 heteroatoms. The quantitative estimate of drug-likeness (QED) is 0.317. The highest BCUT2D eigenvalue weighted by Crippen LogP contribution is 1.94. The van der Waals surface area contributed by atoms with E-state index in [1.807, 2.05) is 0 Å². The largest absolute Gasteiger partial charge is 0.419 e. The van der Waals surface area contributed by atoms with Gasteiger partial charge in [0, 0.05) is 14.2 Å². The monoisotopic (exact) mass is 249 g/mol. The zero-order valence-electron chi connectivity index (χ0n) is 11.0. The smallest absolute Gasteiger partial charge is 0.178 e. The van der Waals surface area contributed by atoms with Crippen LogP contribution < -0.4 is 5.32 Å². The van der Waals surface area contributed by atoms with E-state index in [0.717, 1.165) is 13.1 Å². The molecule has 16 heavy (non-hydrogen) atoms. The topological polar surface area (TPSA) is 39.7 Å². The van der Waals surface area contributed by atoms with Gasteiger partial charge in [0.05, 0.1) is 6.61 Å². The lowest BCUT2D eigenvalue weighted by Gasteiger charge is -2.13. The molecule has 0 radical (unpaired) electrons. The molecule has 0 aromatic carbocycles. The van der Waals surface area contributed by atoms with Crippen molar-refractivity contribution in [2.75, 3.05) is 33.9 Å². The second-order valence-electron chi connectivity index (χ2n) is 3.79. The SMILES string of the molecule is CCCCNCCC[SiH2]OCC(OC)OC. The van der Waals surface area contributed by atoms with Crippen molar-refractivity contribution < 1.29 is 13.9 Å². The molecule has 0 saturated carbocycles. The summed E-state index contributed by atoms with van der Waals surface area (Å²) in [6.45, 7) is 5.05. The van der Waals surface area contributed by atoms with E-state index in [9.17, 15) is 0 Å². The van der Waals surface area contributed by atoms with E-state index in [-0.39, 0.29) is 16.1 Å². The van der Waals surface area contributed by atoms with Gasteiger partial charge in [-0.15, -0.1) is 0 Å². The highest BCUT2D eigenvalue weighted by molar-refractivity contribution is 6.26. The summed E-state index contributed by atoms with van der Waals surface area (Å²) >= 11 is 0. The standard InChI is InChI=1S/C11H27NO3Si/c1-4-5-7-12-8-6-9-16-15-10-11(13-2)14-3/h11-12H,4-10,16H2,1-3H3. The van der Waals surface area contributed by atoms with Gasteiger partial charge in [-0.25, -0.2) is 0 Å². The summed E-state index contributed by atoms with van der Waals surface area (Å²) in [7, 11) is 2.88. The van der Waals surface area contributed by atoms with Crippen LogP contribution in [0.3, 0.4) is 0 Å². The summed E-state index contributed by atoms with van der Waals surface area (Å²) < 4.78 is 15.6. The molecule has 0 fully saturated rings. The minimum Gasteiger partial charge on any atom is -0.419 e. The average molecular weight is 249 g/mol. The van der Waals surface area contributed by atoms with E-state index >= 15 is 0 Å². The van der Waals surface area contributed by atoms with Gasteiger partial charge in [0.1, 0.15) is 0 Å². The van der Waals surface area contributed by atoms with Crippen molar-refractivity contribution >= 4 is 9.76 Å². The molecule has 0 amide bonds. The minimum atomic E-state index is -0.390. The molecular formula is C11H27NO3Si. The summed E-state index contributed by atoms with van der Waals surface area (Å²) in [4.78, 5) is 0. The van der Waals surface area contributed by atoms with Crippen LogP contribution in [0.2, 0.25) is 6.04 Å². The Balaban J connectivity index is 3.03. The van der Waals surface area contributed by atoms with Crippen LogP contribution in [0.4, 0.5) is 0 Å². The zero-order chi connectivity index (χ0) is 12.1. The maximum Gasteiger partial charge on any atom is 0.178 e. The molecule has 0 rings (SSSR count). The fraction of sp³-hybridized carbons (Fsp3) is 1.00. The molecule has 0 aliphatic carbocycles. The fourth-order valence-electron chi connectivity index (χ4n) is 1.29. The highest BCUT2D eigenvalue weighted by atomic mass is 28.2. The Kier molecular flexibility index (Phi) is 13.2. The summed E-state index contributed by atoms with van der Waals surface area (Å²) in [6.07, 6.45) is 3.56. The van der Waals surface area contributed by atoms with Crippen molar-refractivity contribution in [3.05, 3.63) is 0 Å². The number of hydrogen-bond donors (Lipinski definition) is 1. The molecule has 0 unspecified atom stereocenters. The van der Waals surface area contributed by atoms with Gasteiger partial charge in [0.2, 0.25) is 0 Å². The predicted octanol–water partition coefficient (Wildman–Crippen LogP) is 0.904. The Labute approximate surface area is 102 Å². The highest BCUT2D eigenvalue weighted by Gasteiger charge is 2.03. The third-order valence-corrected chi connectivity index (χ3v) is 3.69. The molecule has 0 heterocycles. The lowest BCUT2D eigenvalue weighted by atomic mass is 10.3. The number of methoxy groups -OCH3 is 2. The molecule has 98 valence electrons. The Morgan fingerprint density at radius 1 is 1.12 bits per heavy atom. The van der Waals surface area contributed by atoms with Gasteiger partial charge >= 0.3 is 0 Å². The molecule has 0 bridgehead atoms. The molecule has 0 aliphatic heterocycles. The lowest BCUT2D eigenvalue weighted by Crippen LogP contribution is -2.22. The maximum atomic E-state index is 5.57. The lowest BCUT2D eigenvalue weighted by molar-refractivity contribution is -0.121. The van der Waals surface area contributed by atoms with Gasteiger partial charge in [-0.2, -0.15) is 0 Å². The van der Waals surface area contributed by atoms with Crippen molar-refractivity contribution in [1.29, 1.82) is 0 Å². The first-order valence-electron chi connectivity index (χ1n) is 6.19. The first kappa shape index (κ1) is 16.1. The molecule has 4 nitrogen and oxygen atoms in total. The van der Waals surface area contributed by atoms with E-state index in [0.29, 0.717) is 6.61 Å². The second kappa shape index (κ2) is 13.1. The van der Waals surface area contributed by atoms with Gasteiger partial charge in [0.25, 0.3) is 0 Å². The Hall–Kier alpha value is 0.0569. The van der Waals surface area contributed by atoms with Crippen LogP contribution in [0, 0.1) is 0 Å². The van der Waals surface area contributed by atoms with Crippen molar-refractivity contribution in [1.82, 2.24) is 5.32 Å². The summed E-state index contributed by atoms with van der Waals surface area (Å²) in [6, 6.07) is 1.22. The van der Waals surface area contributed by atoms with Crippen LogP contribution in [0.5, 0.6) is 0 Å². The molecular weight excluding hydrogens is 222 g/mol. The van der Waals surface area contributed by atoms with E-state index in [1.54, 1.807) is 14.2 Å². The van der Waals surface area contributed by atoms with Crippen LogP contribution in [0.25, 0.3) is 0 Å². The Morgan fingerprint density at radius 2 is 1.81 bits per heavy atom. The van der Waals surface area contributed by atoms with Gasteiger partial charge in [-0.1, -0.05) is 13.3 Å². The first-order chi connectivity index (χ1) is 7.85. The van der Waals surface area contributed by atoms with E-state index in [2.05, 4.69) is 12.2 Å². The zero-order valence-corrected chi connectivity index (χ0v) is 12.4. The molecule has 1 N–H and O–H groups in total. The molecule has 0 spiro atoms. The van der Waals surface area contributed by atoms with Crippen LogP contribution in [-0.4, -0.2) is 50.0 Å². The third-order valence-electron chi connectivity index (χ3n) is 2.38. The van der Waals surface area contributed by atoms with E-state index in [1.165, 1.54) is 25.3 Å². The van der Waals surface area contributed by atoms with Crippen molar-refractivity contribution in [3.8, 4) is 0 Å². The minimum absolute atomic E-state index is 0.199.